The molecule has 8 aromatic heterocycles. The minimum atomic E-state index is -0.976. The number of aliphatic hydroxyl groups is 2. The zero-order valence-electron chi connectivity index (χ0n) is 80.1. The highest BCUT2D eigenvalue weighted by Crippen LogP contribution is 2.54. The van der Waals surface area contributed by atoms with Crippen LogP contribution in [0, 0.1) is 13.8 Å². The Morgan fingerprint density at radius 2 is 0.537 bits per heavy atom. The van der Waals surface area contributed by atoms with Gasteiger partial charge < -0.3 is 67.1 Å². The van der Waals surface area contributed by atoms with Crippen LogP contribution in [0.1, 0.15) is 225 Å². The number of fused-ring (bicyclic) bond motifs is 4. The number of esters is 4. The summed E-state index contributed by atoms with van der Waals surface area (Å²) in [6, 6.07) is 40.7. The fourth-order valence-electron chi connectivity index (χ4n) is 16.7. The van der Waals surface area contributed by atoms with Gasteiger partial charge in [-0.2, -0.15) is 0 Å². The molecule has 0 saturated carbocycles. The molecule has 4 atom stereocenters. The van der Waals surface area contributed by atoms with Crippen LogP contribution in [0.15, 0.2) is 171 Å². The van der Waals surface area contributed by atoms with Gasteiger partial charge >= 0.3 is 23.9 Å². The van der Waals surface area contributed by atoms with Crippen molar-refractivity contribution in [3.63, 3.8) is 0 Å². The van der Waals surface area contributed by atoms with E-state index in [-0.39, 0.29) is 38.4 Å². The lowest BCUT2D eigenvalue weighted by atomic mass is 9.91. The van der Waals surface area contributed by atoms with Gasteiger partial charge in [0.2, 0.25) is 0 Å². The average molecular weight is 1890 g/mol. The molecule has 22 nitrogen and oxygen atoms in total. The number of carbonyl (C=O) groups excluding carboxylic acids is 4. The molecular weight excluding hydrogens is 1770 g/mol. The van der Waals surface area contributed by atoms with Gasteiger partial charge in [-0.1, -0.05) is 24.3 Å². The Labute approximate surface area is 803 Å². The molecule has 4 aromatic carbocycles. The first-order valence-electron chi connectivity index (χ1n) is 46.0. The standard InChI is InChI=1S/2C27H31NO5S.2C27H31NO4S/c2*1-5-31-26(30)24(33-27(2,3)4)23-21(16-29)34-25(17-10-12-28-13-11-17)22(23)19-8-9-20-18(15-19)7-6-14-32-20;2*1-6-30-26(29)24(32-27(3,4)5)22-17(2)33-25(18-11-13-28-14-12-18)23(22)20-9-10-21-19(16-20)8-7-15-31-21/h2*8-13,15,24,29H,5-7,14,16H2,1-4H3;2*9-14,16,24H,6-8,15H2,1-5H3. The van der Waals surface area contributed by atoms with Crippen molar-refractivity contribution in [3.05, 3.63) is 235 Å². The van der Waals surface area contributed by atoms with Crippen LogP contribution in [0.5, 0.6) is 23.0 Å². The Kier molecular flexibility index (Phi) is 33.9. The molecule has 12 aromatic rings. The largest absolute Gasteiger partial charge is 0.493 e. The van der Waals surface area contributed by atoms with Gasteiger partial charge in [-0.15, -0.1) is 45.3 Å². The number of pyridine rings is 4. The van der Waals surface area contributed by atoms with Crippen molar-refractivity contribution in [1.29, 1.82) is 0 Å². The topological polar surface area (TPSA) is 271 Å². The summed E-state index contributed by atoms with van der Waals surface area (Å²) >= 11 is 6.27. The number of aryl methyl sites for hydroxylation is 6. The molecule has 0 spiro atoms. The fourth-order valence-corrected chi connectivity index (χ4v) is 21.6. The number of ether oxygens (including phenoxy) is 12. The van der Waals surface area contributed by atoms with Crippen LogP contribution < -0.4 is 18.9 Å². The van der Waals surface area contributed by atoms with E-state index in [1.54, 1.807) is 86.1 Å². The van der Waals surface area contributed by atoms with Gasteiger partial charge in [-0.3, -0.25) is 19.9 Å². The maximum atomic E-state index is 13.2. The summed E-state index contributed by atoms with van der Waals surface area (Å²) in [5.74, 6) is 2.02. The van der Waals surface area contributed by atoms with E-state index in [1.165, 1.54) is 33.8 Å². The van der Waals surface area contributed by atoms with Gasteiger partial charge in [-0.25, -0.2) is 19.2 Å². The number of aliphatic hydroxyl groups excluding tert-OH is 2. The van der Waals surface area contributed by atoms with E-state index in [2.05, 4.69) is 56.3 Å². The average Bonchev–Trinajstić information content (AvgIpc) is 1.61. The summed E-state index contributed by atoms with van der Waals surface area (Å²) in [5, 5.41) is 20.7. The van der Waals surface area contributed by atoms with Crippen LogP contribution in [0.3, 0.4) is 0 Å². The number of hydrogen-bond donors (Lipinski definition) is 2. The zero-order valence-corrected chi connectivity index (χ0v) is 83.3. The molecule has 0 radical (unpaired) electrons. The van der Waals surface area contributed by atoms with Crippen molar-refractivity contribution in [2.45, 2.75) is 236 Å². The maximum Gasteiger partial charge on any atom is 0.340 e. The summed E-state index contributed by atoms with van der Waals surface area (Å²) < 4.78 is 70.4. The predicted molar refractivity (Wildman–Crippen MR) is 529 cm³/mol. The lowest BCUT2D eigenvalue weighted by molar-refractivity contribution is -0.167. The van der Waals surface area contributed by atoms with Crippen LogP contribution in [-0.2, 0) is 96.0 Å². The van der Waals surface area contributed by atoms with E-state index < -0.39 is 58.8 Å². The third-order valence-electron chi connectivity index (χ3n) is 22.1. The number of thiophene rings is 4. The van der Waals surface area contributed by atoms with Gasteiger partial charge in [0.25, 0.3) is 0 Å². The van der Waals surface area contributed by atoms with Crippen molar-refractivity contribution in [2.75, 3.05) is 52.9 Å². The highest BCUT2D eigenvalue weighted by molar-refractivity contribution is 7.17. The Hall–Kier alpha value is -10.9. The van der Waals surface area contributed by atoms with Crippen molar-refractivity contribution in [2.24, 2.45) is 0 Å². The Bertz CT molecular complexity index is 5660. The Morgan fingerprint density at radius 1 is 0.321 bits per heavy atom. The minimum Gasteiger partial charge on any atom is -0.493 e. The van der Waals surface area contributed by atoms with Crippen LogP contribution in [0.25, 0.3) is 86.3 Å². The van der Waals surface area contributed by atoms with Gasteiger partial charge in [0, 0.05) is 133 Å². The van der Waals surface area contributed by atoms with Crippen LogP contribution >= 0.6 is 45.3 Å². The number of carbonyl (C=O) groups is 4. The number of hydrogen-bond acceptors (Lipinski definition) is 26. The lowest BCUT2D eigenvalue weighted by Gasteiger charge is -2.28. The first kappa shape index (κ1) is 101. The second kappa shape index (κ2) is 45.2. The SMILES string of the molecule is CCOC(=O)C(OC(C)(C)C)c1c(C)sc(-c2ccncc2)c1-c1ccc2c(c1)CCCO2.CCOC(=O)C(OC(C)(C)C)c1c(C)sc(-c2ccncc2)c1-c1ccc2c(c1)CCCO2.CCOC(=O)C(OC(C)(C)C)c1c(CO)sc(-c2ccncc2)c1-c1ccc2c(c1)CCCO2.CCOC(=O)C(OC(C)(C)C)c1c(CO)sc(-c2ccncc2)c1-c1ccc2c(c1)CCCO2. The van der Waals surface area contributed by atoms with Crippen LogP contribution in [-0.4, -0.2) is 129 Å². The molecule has 0 aliphatic carbocycles. The van der Waals surface area contributed by atoms with E-state index >= 15 is 0 Å². The van der Waals surface area contributed by atoms with E-state index in [9.17, 15) is 29.4 Å². The van der Waals surface area contributed by atoms with Crippen LogP contribution in [0.4, 0.5) is 0 Å². The fraction of sp³-hybridized carbons (Fsp3) is 0.407. The third kappa shape index (κ3) is 24.9. The number of nitrogens with zero attached hydrogens (tertiary/aromatic N) is 4. The first-order chi connectivity index (χ1) is 64.2. The first-order valence-corrected chi connectivity index (χ1v) is 49.3. The molecule has 0 amide bonds. The Balaban J connectivity index is 0.000000152. The predicted octanol–water partition coefficient (Wildman–Crippen LogP) is 24.5. The molecule has 26 heteroatoms. The second-order valence-corrected chi connectivity index (χ2v) is 41.3. The molecule has 0 saturated heterocycles. The monoisotopic (exact) mass is 1890 g/mol. The van der Waals surface area contributed by atoms with Crippen LogP contribution in [0.2, 0.25) is 0 Å². The highest BCUT2D eigenvalue weighted by atomic mass is 32.1. The number of aromatic nitrogens is 4. The normalized spacial score (nSPS) is 14.3. The molecule has 134 heavy (non-hydrogen) atoms. The maximum absolute atomic E-state index is 13.2. The van der Waals surface area contributed by atoms with Crippen molar-refractivity contribution in [1.82, 2.24) is 19.9 Å². The molecule has 0 fully saturated rings. The smallest absolute Gasteiger partial charge is 0.340 e. The van der Waals surface area contributed by atoms with Crippen molar-refractivity contribution >= 4 is 69.2 Å². The molecule has 708 valence electrons. The van der Waals surface area contributed by atoms with Crippen molar-refractivity contribution in [3.8, 4) is 109 Å². The molecule has 4 aliphatic rings. The molecule has 12 heterocycles. The molecule has 2 N–H and O–H groups in total. The number of benzene rings is 4. The number of rotatable bonds is 26. The molecular formula is C108H124N4O18S4. The van der Waals surface area contributed by atoms with E-state index in [1.807, 2.05) is 196 Å². The van der Waals surface area contributed by atoms with E-state index in [0.29, 0.717) is 34.1 Å². The van der Waals surface area contributed by atoms with E-state index in [4.69, 9.17) is 56.8 Å². The van der Waals surface area contributed by atoms with E-state index in [0.717, 1.165) is 219 Å². The summed E-state index contributed by atoms with van der Waals surface area (Å²) in [6.45, 7) is 38.1. The van der Waals surface area contributed by atoms with Crippen molar-refractivity contribution < 1.29 is 86.2 Å². The van der Waals surface area contributed by atoms with Gasteiger partial charge in [0.15, 0.2) is 24.4 Å². The lowest BCUT2D eigenvalue weighted by Crippen LogP contribution is -2.29. The minimum absolute atomic E-state index is 0.213. The molecule has 0 bridgehead atoms. The molecule has 4 aliphatic heterocycles. The third-order valence-corrected chi connectivity index (χ3v) is 26.9. The molecule has 16 rings (SSSR count). The Morgan fingerprint density at radius 3 is 0.754 bits per heavy atom. The van der Waals surface area contributed by atoms with Gasteiger partial charge in [0.05, 0.1) is 88.5 Å². The quantitative estimate of drug-likeness (QED) is 0.0376. The van der Waals surface area contributed by atoms with Gasteiger partial charge in [-0.05, 0) is 340 Å². The summed E-state index contributed by atoms with van der Waals surface area (Å²) in [7, 11) is 0. The summed E-state index contributed by atoms with van der Waals surface area (Å²) in [6.07, 6.45) is 18.3. The zero-order chi connectivity index (χ0) is 95.8. The molecule has 4 unspecified atom stereocenters. The summed E-state index contributed by atoms with van der Waals surface area (Å²) in [4.78, 5) is 76.9. The second-order valence-electron chi connectivity index (χ2n) is 36.6. The van der Waals surface area contributed by atoms with Gasteiger partial charge in [0.1, 0.15) is 23.0 Å². The highest BCUT2D eigenvalue weighted by Gasteiger charge is 2.41. The summed E-state index contributed by atoms with van der Waals surface area (Å²) in [5.41, 5.74) is 17.3.